The molecule has 0 spiro atoms. The molecule has 1 aromatic rings. The van der Waals surface area contributed by atoms with Gasteiger partial charge in [0, 0.05) is 35.8 Å². The van der Waals surface area contributed by atoms with E-state index >= 15 is 0 Å². The van der Waals surface area contributed by atoms with Crippen LogP contribution < -0.4 is 0 Å². The number of hydrogen-bond acceptors (Lipinski definition) is 4. The topological polar surface area (TPSA) is 66.6 Å². The highest BCUT2D eigenvalue weighted by atomic mass is 35.5. The number of nitrogens with zero attached hydrogens (tertiary/aromatic N) is 2. The van der Waals surface area contributed by atoms with Crippen molar-refractivity contribution in [1.29, 1.82) is 0 Å². The van der Waals surface area contributed by atoms with Crippen molar-refractivity contribution in [1.82, 2.24) is 4.90 Å². The number of halogens is 1. The van der Waals surface area contributed by atoms with Gasteiger partial charge in [0.15, 0.2) is 0 Å². The molecular formula is C12H15ClN2O3. The summed E-state index contributed by atoms with van der Waals surface area (Å²) < 4.78 is 0. The Bertz CT molecular complexity index is 449. The van der Waals surface area contributed by atoms with E-state index in [0.717, 1.165) is 12.8 Å². The molecule has 0 unspecified atom stereocenters. The molecule has 5 nitrogen and oxygen atoms in total. The van der Waals surface area contributed by atoms with E-state index in [9.17, 15) is 10.1 Å². The van der Waals surface area contributed by atoms with E-state index in [1.54, 1.807) is 12.1 Å². The first-order valence-corrected chi connectivity index (χ1v) is 6.27. The number of hydrogen-bond donors (Lipinski definition) is 1. The fourth-order valence-electron chi connectivity index (χ4n) is 2.02. The number of aliphatic hydroxyl groups is 1. The molecule has 1 saturated carbocycles. The summed E-state index contributed by atoms with van der Waals surface area (Å²) in [6.45, 7) is 1.10. The molecule has 0 heterocycles. The largest absolute Gasteiger partial charge is 0.395 e. The molecule has 0 amide bonds. The maximum Gasteiger partial charge on any atom is 0.275 e. The molecule has 98 valence electrons. The van der Waals surface area contributed by atoms with E-state index in [-0.39, 0.29) is 12.3 Å². The van der Waals surface area contributed by atoms with E-state index in [1.165, 1.54) is 6.07 Å². The highest BCUT2D eigenvalue weighted by molar-refractivity contribution is 6.30. The number of aliphatic hydroxyl groups excluding tert-OH is 1. The highest BCUT2D eigenvalue weighted by Crippen LogP contribution is 2.31. The van der Waals surface area contributed by atoms with Crippen molar-refractivity contribution in [2.75, 3.05) is 13.2 Å². The van der Waals surface area contributed by atoms with E-state index in [4.69, 9.17) is 16.7 Å². The smallest absolute Gasteiger partial charge is 0.275 e. The van der Waals surface area contributed by atoms with Gasteiger partial charge in [0.25, 0.3) is 5.69 Å². The van der Waals surface area contributed by atoms with Crippen LogP contribution >= 0.6 is 11.6 Å². The van der Waals surface area contributed by atoms with Gasteiger partial charge in [0.05, 0.1) is 11.5 Å². The molecule has 0 aromatic heterocycles. The van der Waals surface area contributed by atoms with Crippen molar-refractivity contribution in [3.8, 4) is 0 Å². The average molecular weight is 271 g/mol. The Morgan fingerprint density at radius 3 is 2.78 bits per heavy atom. The monoisotopic (exact) mass is 270 g/mol. The number of benzene rings is 1. The van der Waals surface area contributed by atoms with Crippen LogP contribution in [0, 0.1) is 10.1 Å². The molecule has 6 heteroatoms. The second kappa shape index (κ2) is 5.65. The first-order valence-electron chi connectivity index (χ1n) is 5.89. The Morgan fingerprint density at radius 1 is 1.50 bits per heavy atom. The normalized spacial score (nSPS) is 15.1. The summed E-state index contributed by atoms with van der Waals surface area (Å²) in [4.78, 5) is 12.6. The van der Waals surface area contributed by atoms with Crippen LogP contribution in [-0.4, -0.2) is 34.1 Å². The van der Waals surface area contributed by atoms with E-state index < -0.39 is 4.92 Å². The van der Waals surface area contributed by atoms with Crippen LogP contribution in [0.15, 0.2) is 18.2 Å². The lowest BCUT2D eigenvalue weighted by Gasteiger charge is -2.20. The van der Waals surface area contributed by atoms with Gasteiger partial charge >= 0.3 is 0 Å². The predicted molar refractivity (Wildman–Crippen MR) is 68.6 cm³/mol. The van der Waals surface area contributed by atoms with Crippen LogP contribution in [-0.2, 0) is 6.54 Å². The second-order valence-electron chi connectivity index (χ2n) is 4.46. The molecule has 0 saturated heterocycles. The van der Waals surface area contributed by atoms with E-state index in [0.29, 0.717) is 29.7 Å². The van der Waals surface area contributed by atoms with Crippen LogP contribution in [0.5, 0.6) is 0 Å². The van der Waals surface area contributed by atoms with Crippen molar-refractivity contribution in [3.63, 3.8) is 0 Å². The predicted octanol–water partition coefficient (Wildman–Crippen LogP) is 2.20. The lowest BCUT2D eigenvalue weighted by Crippen LogP contribution is -2.28. The molecule has 2 rings (SSSR count). The molecule has 18 heavy (non-hydrogen) atoms. The van der Waals surface area contributed by atoms with Gasteiger partial charge in [0.1, 0.15) is 0 Å². The molecule has 1 aliphatic rings. The minimum absolute atomic E-state index is 0.0473. The van der Waals surface area contributed by atoms with Crippen LogP contribution in [0.4, 0.5) is 5.69 Å². The van der Waals surface area contributed by atoms with Crippen molar-refractivity contribution < 1.29 is 10.0 Å². The van der Waals surface area contributed by atoms with Crippen LogP contribution in [0.25, 0.3) is 0 Å². The molecule has 1 aromatic carbocycles. The fraction of sp³-hybridized carbons (Fsp3) is 0.500. The molecule has 1 N–H and O–H groups in total. The quantitative estimate of drug-likeness (QED) is 0.636. The fourth-order valence-corrected chi connectivity index (χ4v) is 2.18. The number of rotatable bonds is 6. The zero-order valence-electron chi connectivity index (χ0n) is 9.88. The van der Waals surface area contributed by atoms with E-state index in [2.05, 4.69) is 4.90 Å². The second-order valence-corrected chi connectivity index (χ2v) is 4.89. The first-order chi connectivity index (χ1) is 8.61. The Morgan fingerprint density at radius 2 is 2.22 bits per heavy atom. The zero-order chi connectivity index (χ0) is 13.1. The summed E-state index contributed by atoms with van der Waals surface area (Å²) in [7, 11) is 0. The van der Waals surface area contributed by atoms with Crippen molar-refractivity contribution in [2.45, 2.75) is 25.4 Å². The third-order valence-electron chi connectivity index (χ3n) is 3.07. The Hall–Kier alpha value is -1.17. The summed E-state index contributed by atoms with van der Waals surface area (Å²) in [5, 5.41) is 20.4. The van der Waals surface area contributed by atoms with Gasteiger partial charge in [-0.3, -0.25) is 15.0 Å². The van der Waals surface area contributed by atoms with Gasteiger partial charge in [-0.1, -0.05) is 11.6 Å². The Labute approximate surface area is 110 Å². The third kappa shape index (κ3) is 3.19. The van der Waals surface area contributed by atoms with Gasteiger partial charge in [-0.15, -0.1) is 0 Å². The zero-order valence-corrected chi connectivity index (χ0v) is 10.6. The minimum atomic E-state index is -0.411. The van der Waals surface area contributed by atoms with Gasteiger partial charge in [-0.2, -0.15) is 0 Å². The first kappa shape index (κ1) is 13.3. The lowest BCUT2D eigenvalue weighted by atomic mass is 10.1. The molecular weight excluding hydrogens is 256 g/mol. The third-order valence-corrected chi connectivity index (χ3v) is 3.30. The van der Waals surface area contributed by atoms with Gasteiger partial charge in [-0.05, 0) is 25.0 Å². The van der Waals surface area contributed by atoms with Gasteiger partial charge < -0.3 is 5.11 Å². The molecule has 0 radical (unpaired) electrons. The van der Waals surface area contributed by atoms with Gasteiger partial charge in [-0.25, -0.2) is 0 Å². The summed E-state index contributed by atoms with van der Waals surface area (Å²) in [5.74, 6) is 0. The summed E-state index contributed by atoms with van der Waals surface area (Å²) in [6, 6.07) is 5.18. The lowest BCUT2D eigenvalue weighted by molar-refractivity contribution is -0.385. The average Bonchev–Trinajstić information content (AvgIpc) is 3.14. The van der Waals surface area contributed by atoms with E-state index in [1.807, 2.05) is 0 Å². The van der Waals surface area contributed by atoms with Crippen LogP contribution in [0.2, 0.25) is 5.02 Å². The minimum Gasteiger partial charge on any atom is -0.395 e. The summed E-state index contributed by atoms with van der Waals surface area (Å²) >= 11 is 5.78. The number of nitro groups is 1. The maximum atomic E-state index is 11.0. The Kier molecular flexibility index (Phi) is 4.16. The molecule has 0 atom stereocenters. The summed E-state index contributed by atoms with van der Waals surface area (Å²) in [6.07, 6.45) is 2.20. The molecule has 0 bridgehead atoms. The standard InChI is InChI=1S/C12H15ClN2O3/c13-10-2-1-9(12(7-10)15(17)18)8-14(5-6-16)11-3-4-11/h1-2,7,11,16H,3-6,8H2. The number of nitro benzene ring substituents is 1. The Balaban J connectivity index is 2.18. The van der Waals surface area contributed by atoms with Gasteiger partial charge in [0.2, 0.25) is 0 Å². The summed E-state index contributed by atoms with van der Waals surface area (Å²) in [5.41, 5.74) is 0.691. The maximum absolute atomic E-state index is 11.0. The highest BCUT2D eigenvalue weighted by Gasteiger charge is 2.30. The van der Waals surface area contributed by atoms with Crippen molar-refractivity contribution >= 4 is 17.3 Å². The van der Waals surface area contributed by atoms with Crippen molar-refractivity contribution in [3.05, 3.63) is 38.9 Å². The molecule has 0 aliphatic heterocycles. The molecule has 1 fully saturated rings. The van der Waals surface area contributed by atoms with Crippen LogP contribution in [0.1, 0.15) is 18.4 Å². The van der Waals surface area contributed by atoms with Crippen molar-refractivity contribution in [2.24, 2.45) is 0 Å². The van der Waals surface area contributed by atoms with Crippen LogP contribution in [0.3, 0.4) is 0 Å². The molecule has 1 aliphatic carbocycles. The SMILES string of the molecule is O=[N+]([O-])c1cc(Cl)ccc1CN(CCO)C1CC1.